The molecule has 0 aliphatic heterocycles. The second-order valence-electron chi connectivity index (χ2n) is 5.50. The van der Waals surface area contributed by atoms with Gasteiger partial charge in [-0.3, -0.25) is 5.32 Å². The maximum absolute atomic E-state index is 14.4. The molecule has 8 nitrogen and oxygen atoms in total. The van der Waals surface area contributed by atoms with E-state index in [1.54, 1.807) is 0 Å². The summed E-state index contributed by atoms with van der Waals surface area (Å²) in [5, 5.41) is 8.78. The smallest absolute Gasteiger partial charge is 0.324 e. The van der Waals surface area contributed by atoms with Gasteiger partial charge in [-0.1, -0.05) is 16.8 Å². The second-order valence-corrected chi connectivity index (χ2v) is 5.91. The van der Waals surface area contributed by atoms with E-state index in [1.165, 1.54) is 30.8 Å². The number of anilines is 2. The number of aromatic nitrogens is 3. The number of hydrogen-bond donors (Lipinski definition) is 3. The Bertz CT molecular complexity index is 1140. The van der Waals surface area contributed by atoms with Gasteiger partial charge in [0.2, 0.25) is 0 Å². The number of nitrogens with one attached hydrogen (secondary N) is 3. The predicted molar refractivity (Wildman–Crippen MR) is 96.7 cm³/mol. The first kappa shape index (κ1) is 17.7. The summed E-state index contributed by atoms with van der Waals surface area (Å²) in [5.41, 5.74) is 0.286. The molecular formula is C17H10ClF2N5O3. The van der Waals surface area contributed by atoms with Crippen molar-refractivity contribution in [3.8, 4) is 11.5 Å². The molecule has 0 unspecified atom stereocenters. The highest BCUT2D eigenvalue weighted by Gasteiger charge is 2.18. The summed E-state index contributed by atoms with van der Waals surface area (Å²) in [6, 6.07) is 3.91. The molecule has 1 aromatic carbocycles. The molecule has 0 aliphatic carbocycles. The van der Waals surface area contributed by atoms with Crippen LogP contribution in [0, 0.1) is 11.6 Å². The number of carbonyl (C=O) groups is 1. The lowest BCUT2D eigenvalue weighted by Gasteiger charge is -2.11. The predicted octanol–water partition coefficient (Wildman–Crippen LogP) is 4.92. The Morgan fingerprint density at radius 3 is 2.71 bits per heavy atom. The molecule has 2 amide bonds. The van der Waals surface area contributed by atoms with Gasteiger partial charge in [-0.15, -0.1) is 0 Å². The van der Waals surface area contributed by atoms with Crippen LogP contribution in [0.5, 0.6) is 11.5 Å². The molecule has 28 heavy (non-hydrogen) atoms. The minimum Gasteiger partial charge on any atom is -0.450 e. The van der Waals surface area contributed by atoms with Crippen LogP contribution in [0.1, 0.15) is 0 Å². The molecule has 142 valence electrons. The molecule has 3 aromatic heterocycles. The zero-order valence-electron chi connectivity index (χ0n) is 13.8. The highest BCUT2D eigenvalue weighted by Crippen LogP contribution is 2.36. The Hall–Kier alpha value is -3.66. The maximum atomic E-state index is 14.4. The fraction of sp³-hybridized carbons (Fsp3) is 0. The number of amides is 2. The minimum atomic E-state index is -1.02. The number of ether oxygens (including phenoxy) is 1. The van der Waals surface area contributed by atoms with Gasteiger partial charge in [0.15, 0.2) is 23.2 Å². The van der Waals surface area contributed by atoms with Crippen molar-refractivity contribution in [1.29, 1.82) is 0 Å². The molecule has 11 heteroatoms. The summed E-state index contributed by atoms with van der Waals surface area (Å²) in [5.74, 6) is -2.42. The highest BCUT2D eigenvalue weighted by atomic mass is 35.5. The zero-order chi connectivity index (χ0) is 19.7. The van der Waals surface area contributed by atoms with Crippen LogP contribution < -0.4 is 15.4 Å². The van der Waals surface area contributed by atoms with E-state index in [9.17, 15) is 13.6 Å². The van der Waals surface area contributed by atoms with Gasteiger partial charge >= 0.3 is 6.03 Å². The van der Waals surface area contributed by atoms with Crippen LogP contribution in [-0.2, 0) is 0 Å². The molecule has 3 N–H and O–H groups in total. The molecule has 0 aliphatic rings. The lowest BCUT2D eigenvalue weighted by atomic mass is 10.2. The third-order valence-corrected chi connectivity index (χ3v) is 3.93. The van der Waals surface area contributed by atoms with Gasteiger partial charge in [0.05, 0.1) is 10.4 Å². The number of carbonyl (C=O) groups excluding carboxylic acids is 1. The summed E-state index contributed by atoms with van der Waals surface area (Å²) in [7, 11) is 0. The highest BCUT2D eigenvalue weighted by molar-refractivity contribution is 6.36. The first-order valence-electron chi connectivity index (χ1n) is 7.78. The number of urea groups is 1. The van der Waals surface area contributed by atoms with Crippen LogP contribution in [0.4, 0.5) is 25.1 Å². The van der Waals surface area contributed by atoms with Gasteiger partial charge in [-0.05, 0) is 6.07 Å². The van der Waals surface area contributed by atoms with E-state index in [4.69, 9.17) is 16.3 Å². The standard InChI is InChI=1S/C17H10ClF2N5O3/c18-9-7-22-16-14(9)12(1-3-21-16)28-15-10(19)5-8(6-11(15)20)23-17(26)24-13-2-4-27-25-13/h1-7H,(H,21,22)(H2,23,24,25,26). The number of pyridine rings is 1. The lowest BCUT2D eigenvalue weighted by molar-refractivity contribution is 0.262. The number of halogens is 3. The molecule has 4 aromatic rings. The molecule has 0 atom stereocenters. The van der Waals surface area contributed by atoms with Gasteiger partial charge in [-0.2, -0.15) is 0 Å². The van der Waals surface area contributed by atoms with E-state index in [1.807, 2.05) is 0 Å². The largest absolute Gasteiger partial charge is 0.450 e. The van der Waals surface area contributed by atoms with Gasteiger partial charge in [0, 0.05) is 36.3 Å². The van der Waals surface area contributed by atoms with Gasteiger partial charge in [0.1, 0.15) is 17.7 Å². The van der Waals surface area contributed by atoms with Gasteiger partial charge in [0.25, 0.3) is 0 Å². The van der Waals surface area contributed by atoms with E-state index in [0.29, 0.717) is 16.1 Å². The van der Waals surface area contributed by atoms with Gasteiger partial charge < -0.3 is 19.6 Å². The number of fused-ring (bicyclic) bond motifs is 1. The van der Waals surface area contributed by atoms with Crippen LogP contribution in [0.3, 0.4) is 0 Å². The molecular weight excluding hydrogens is 396 g/mol. The molecule has 0 bridgehead atoms. The fourth-order valence-corrected chi connectivity index (χ4v) is 2.71. The summed E-state index contributed by atoms with van der Waals surface area (Å²) >= 11 is 6.06. The minimum absolute atomic E-state index is 0.122. The Morgan fingerprint density at radius 1 is 1.21 bits per heavy atom. The number of rotatable bonds is 4. The first-order valence-corrected chi connectivity index (χ1v) is 8.16. The van der Waals surface area contributed by atoms with E-state index < -0.39 is 23.4 Å². The maximum Gasteiger partial charge on any atom is 0.324 e. The summed E-state index contributed by atoms with van der Waals surface area (Å²) < 4.78 is 38.8. The normalized spacial score (nSPS) is 10.8. The van der Waals surface area contributed by atoms with Crippen molar-refractivity contribution in [2.45, 2.75) is 0 Å². The van der Waals surface area contributed by atoms with Crippen molar-refractivity contribution < 1.29 is 22.8 Å². The number of nitrogens with zero attached hydrogens (tertiary/aromatic N) is 2. The molecule has 0 saturated carbocycles. The van der Waals surface area contributed by atoms with Gasteiger partial charge in [-0.25, -0.2) is 18.6 Å². The van der Waals surface area contributed by atoms with E-state index in [2.05, 4.69) is 30.3 Å². The molecule has 0 spiro atoms. The van der Waals surface area contributed by atoms with Crippen molar-refractivity contribution in [2.75, 3.05) is 10.6 Å². The van der Waals surface area contributed by atoms with Crippen LogP contribution >= 0.6 is 11.6 Å². The van der Waals surface area contributed by atoms with Crippen molar-refractivity contribution in [1.82, 2.24) is 15.1 Å². The number of H-pyrrole nitrogens is 1. The lowest BCUT2D eigenvalue weighted by Crippen LogP contribution is -2.19. The molecule has 3 heterocycles. The Morgan fingerprint density at radius 2 is 2.00 bits per heavy atom. The topological polar surface area (TPSA) is 105 Å². The Balaban J connectivity index is 1.57. The van der Waals surface area contributed by atoms with Crippen molar-refractivity contribution in [3.05, 3.63) is 59.6 Å². The Labute approximate surface area is 160 Å². The first-order chi connectivity index (χ1) is 13.5. The van der Waals surface area contributed by atoms with Crippen LogP contribution in [-0.4, -0.2) is 21.2 Å². The van der Waals surface area contributed by atoms with Crippen LogP contribution in [0.15, 0.2) is 47.4 Å². The average Bonchev–Trinajstić information content (AvgIpc) is 3.28. The van der Waals surface area contributed by atoms with Crippen LogP contribution in [0.25, 0.3) is 11.0 Å². The zero-order valence-corrected chi connectivity index (χ0v) is 14.6. The SMILES string of the molecule is O=C(Nc1cc(F)c(Oc2ccnc3[nH]cc(Cl)c23)c(F)c1)Nc1ccon1. The molecule has 4 rings (SSSR count). The van der Waals surface area contributed by atoms with E-state index in [0.717, 1.165) is 12.1 Å². The molecule has 0 saturated heterocycles. The number of aromatic amines is 1. The van der Waals surface area contributed by atoms with E-state index >= 15 is 0 Å². The molecule has 0 radical (unpaired) electrons. The second kappa shape index (κ2) is 7.16. The fourth-order valence-electron chi connectivity index (χ4n) is 2.47. The van der Waals surface area contributed by atoms with Crippen molar-refractivity contribution in [3.63, 3.8) is 0 Å². The monoisotopic (exact) mass is 405 g/mol. The van der Waals surface area contributed by atoms with Crippen molar-refractivity contribution in [2.24, 2.45) is 0 Å². The molecule has 0 fully saturated rings. The Kier molecular flexibility index (Phi) is 4.53. The third kappa shape index (κ3) is 3.45. The number of hydrogen-bond acceptors (Lipinski definition) is 5. The quantitative estimate of drug-likeness (QED) is 0.447. The van der Waals surface area contributed by atoms with Crippen molar-refractivity contribution >= 4 is 40.2 Å². The van der Waals surface area contributed by atoms with E-state index in [-0.39, 0.29) is 17.3 Å². The average molecular weight is 406 g/mol. The number of benzene rings is 1. The third-order valence-electron chi connectivity index (χ3n) is 3.63. The van der Waals surface area contributed by atoms with Crippen LogP contribution in [0.2, 0.25) is 5.02 Å². The summed E-state index contributed by atoms with van der Waals surface area (Å²) in [6.45, 7) is 0. The summed E-state index contributed by atoms with van der Waals surface area (Å²) in [4.78, 5) is 18.7. The summed E-state index contributed by atoms with van der Waals surface area (Å²) in [6.07, 6.45) is 4.15.